The number of aromatic nitrogens is 1. The van der Waals surface area contributed by atoms with Gasteiger partial charge in [0.2, 0.25) is 10.5 Å². The molecule has 1 aromatic heterocycles. The van der Waals surface area contributed by atoms with E-state index < -0.39 is 15.4 Å². The minimum absolute atomic E-state index is 0.404. The highest BCUT2D eigenvalue weighted by molar-refractivity contribution is 7.86. The minimum Gasteiger partial charge on any atom is -0.497 e. The SMILES string of the molecule is CCCC(CC[n+]1c(C)sc2ccc(OC)cc21)S(=O)(=O)O. The topological polar surface area (TPSA) is 67.5 Å². The van der Waals surface area contributed by atoms with Crippen LogP contribution < -0.4 is 9.30 Å². The summed E-state index contributed by atoms with van der Waals surface area (Å²) in [7, 11) is -2.37. The molecule has 1 aromatic carbocycles. The molecule has 7 heteroatoms. The number of benzene rings is 1. The molecule has 0 radical (unpaired) electrons. The van der Waals surface area contributed by atoms with Crippen molar-refractivity contribution in [2.24, 2.45) is 0 Å². The van der Waals surface area contributed by atoms with Crippen molar-refractivity contribution in [3.05, 3.63) is 23.2 Å². The lowest BCUT2D eigenvalue weighted by Gasteiger charge is -2.10. The second-order valence-electron chi connectivity index (χ2n) is 5.32. The molecular weight excluding hydrogens is 322 g/mol. The van der Waals surface area contributed by atoms with E-state index in [1.54, 1.807) is 18.4 Å². The predicted octanol–water partition coefficient (Wildman–Crippen LogP) is 2.95. The van der Waals surface area contributed by atoms with Crippen molar-refractivity contribution in [2.45, 2.75) is 44.9 Å². The van der Waals surface area contributed by atoms with Crippen molar-refractivity contribution in [1.29, 1.82) is 0 Å². The van der Waals surface area contributed by atoms with E-state index in [2.05, 4.69) is 4.57 Å². The fourth-order valence-electron chi connectivity index (χ4n) is 2.62. The molecule has 0 amide bonds. The van der Waals surface area contributed by atoms with Gasteiger partial charge in [-0.3, -0.25) is 4.55 Å². The highest BCUT2D eigenvalue weighted by Gasteiger charge is 2.26. The zero-order valence-electron chi connectivity index (χ0n) is 13.1. The molecule has 1 heterocycles. The quantitative estimate of drug-likeness (QED) is 0.619. The smallest absolute Gasteiger partial charge is 0.268 e. The number of methoxy groups -OCH3 is 1. The van der Waals surface area contributed by atoms with Gasteiger partial charge in [0.1, 0.15) is 10.4 Å². The van der Waals surface area contributed by atoms with Gasteiger partial charge in [0, 0.05) is 13.3 Å². The Labute approximate surface area is 135 Å². The number of ether oxygens (including phenoxy) is 1. The molecule has 0 bridgehead atoms. The molecule has 0 aliphatic carbocycles. The lowest BCUT2D eigenvalue weighted by atomic mass is 10.2. The summed E-state index contributed by atoms with van der Waals surface area (Å²) in [5.74, 6) is 0.777. The Balaban J connectivity index is 2.28. The maximum absolute atomic E-state index is 11.5. The van der Waals surface area contributed by atoms with Crippen LogP contribution in [-0.2, 0) is 16.7 Å². The van der Waals surface area contributed by atoms with Crippen LogP contribution in [-0.4, -0.2) is 25.3 Å². The fourth-order valence-corrected chi connectivity index (χ4v) is 4.59. The van der Waals surface area contributed by atoms with Gasteiger partial charge < -0.3 is 4.74 Å². The third-order valence-corrected chi connectivity index (χ3v) is 6.20. The lowest BCUT2D eigenvalue weighted by Crippen LogP contribution is -2.38. The molecule has 0 spiro atoms. The molecule has 22 heavy (non-hydrogen) atoms. The van der Waals surface area contributed by atoms with Gasteiger partial charge in [-0.1, -0.05) is 24.7 Å². The molecule has 0 aliphatic heterocycles. The van der Waals surface area contributed by atoms with Gasteiger partial charge in [0.05, 0.1) is 18.4 Å². The van der Waals surface area contributed by atoms with Crippen molar-refractivity contribution < 1.29 is 22.3 Å². The highest BCUT2D eigenvalue weighted by atomic mass is 32.2. The minimum atomic E-state index is -3.99. The van der Waals surface area contributed by atoms with Gasteiger partial charge in [0.15, 0.2) is 6.54 Å². The highest BCUT2D eigenvalue weighted by Crippen LogP contribution is 2.24. The van der Waals surface area contributed by atoms with Crippen LogP contribution in [0.2, 0.25) is 0 Å². The number of rotatable bonds is 7. The molecule has 2 rings (SSSR count). The van der Waals surface area contributed by atoms with E-state index >= 15 is 0 Å². The van der Waals surface area contributed by atoms with E-state index in [0.717, 1.165) is 27.4 Å². The van der Waals surface area contributed by atoms with E-state index in [1.807, 2.05) is 32.0 Å². The van der Waals surface area contributed by atoms with Crippen LogP contribution in [0.15, 0.2) is 18.2 Å². The first kappa shape index (κ1) is 17.2. The molecule has 0 saturated heterocycles. The molecule has 1 atom stereocenters. The van der Waals surface area contributed by atoms with E-state index in [4.69, 9.17) is 4.74 Å². The second-order valence-corrected chi connectivity index (χ2v) is 8.25. The summed E-state index contributed by atoms with van der Waals surface area (Å²) in [4.78, 5) is 0. The van der Waals surface area contributed by atoms with Crippen molar-refractivity contribution in [3.8, 4) is 5.75 Å². The third kappa shape index (κ3) is 3.77. The number of hydrogen-bond donors (Lipinski definition) is 1. The summed E-state index contributed by atoms with van der Waals surface area (Å²) in [6, 6.07) is 5.89. The van der Waals surface area contributed by atoms with Crippen molar-refractivity contribution >= 4 is 31.7 Å². The molecule has 122 valence electrons. The van der Waals surface area contributed by atoms with Crippen molar-refractivity contribution in [2.75, 3.05) is 7.11 Å². The first-order chi connectivity index (χ1) is 10.4. The maximum Gasteiger partial charge on any atom is 0.268 e. The Morgan fingerprint density at radius 1 is 1.36 bits per heavy atom. The normalized spacial score (nSPS) is 13.5. The van der Waals surface area contributed by atoms with Gasteiger partial charge in [0.25, 0.3) is 10.1 Å². The Morgan fingerprint density at radius 3 is 2.68 bits per heavy atom. The van der Waals surface area contributed by atoms with Gasteiger partial charge in [-0.15, -0.1) is 0 Å². The Morgan fingerprint density at radius 2 is 2.09 bits per heavy atom. The monoisotopic (exact) mass is 344 g/mol. The molecule has 1 N–H and O–H groups in total. The van der Waals surface area contributed by atoms with Crippen molar-refractivity contribution in [1.82, 2.24) is 0 Å². The Kier molecular flexibility index (Phi) is 5.41. The Hall–Kier alpha value is -1.18. The van der Waals surface area contributed by atoms with Crippen LogP contribution in [0.5, 0.6) is 5.75 Å². The van der Waals surface area contributed by atoms with E-state index in [1.165, 1.54) is 0 Å². The molecule has 1 unspecified atom stereocenters. The number of fused-ring (bicyclic) bond motifs is 1. The zero-order chi connectivity index (χ0) is 16.3. The van der Waals surface area contributed by atoms with E-state index in [9.17, 15) is 13.0 Å². The summed E-state index contributed by atoms with van der Waals surface area (Å²) in [5, 5.41) is 0.402. The van der Waals surface area contributed by atoms with E-state index in [0.29, 0.717) is 19.4 Å². The lowest BCUT2D eigenvalue weighted by molar-refractivity contribution is -0.673. The first-order valence-corrected chi connectivity index (χ1v) is 9.62. The molecule has 2 aromatic rings. The van der Waals surface area contributed by atoms with Crippen LogP contribution in [0, 0.1) is 6.92 Å². The van der Waals surface area contributed by atoms with Gasteiger partial charge >= 0.3 is 0 Å². The number of nitrogens with zero attached hydrogens (tertiary/aromatic N) is 1. The van der Waals surface area contributed by atoms with Crippen molar-refractivity contribution in [3.63, 3.8) is 0 Å². The van der Waals surface area contributed by atoms with Crippen LogP contribution in [0.3, 0.4) is 0 Å². The second kappa shape index (κ2) is 6.93. The van der Waals surface area contributed by atoms with Crippen LogP contribution in [0.4, 0.5) is 0 Å². The van der Waals surface area contributed by atoms with Gasteiger partial charge in [-0.25, -0.2) is 0 Å². The fraction of sp³-hybridized carbons (Fsp3) is 0.533. The summed E-state index contributed by atoms with van der Waals surface area (Å²) in [6.07, 6.45) is 1.61. The number of aryl methyl sites for hydroxylation is 2. The predicted molar refractivity (Wildman–Crippen MR) is 88.2 cm³/mol. The molecule has 0 aliphatic rings. The molecule has 5 nitrogen and oxygen atoms in total. The summed E-state index contributed by atoms with van der Waals surface area (Å²) >= 11 is 1.67. The Bertz CT molecular complexity index is 752. The third-order valence-electron chi connectivity index (χ3n) is 3.80. The molecule has 0 fully saturated rings. The molecular formula is C15H22NO4S2+. The van der Waals surface area contributed by atoms with Crippen LogP contribution in [0.25, 0.3) is 10.2 Å². The standard InChI is InChI=1S/C15H21NO4S2/c1-4-5-13(22(17,18)19)8-9-16-11(2)21-15-7-6-12(20-3)10-14(15)16/h6-7,10,13H,4-5,8-9H2,1-3H3/p+1. The first-order valence-electron chi connectivity index (χ1n) is 7.30. The number of thiazole rings is 1. The van der Waals surface area contributed by atoms with Gasteiger partial charge in [-0.2, -0.15) is 13.0 Å². The summed E-state index contributed by atoms with van der Waals surface area (Å²) in [5.41, 5.74) is 1.03. The van der Waals surface area contributed by atoms with Gasteiger partial charge in [-0.05, 0) is 18.6 Å². The zero-order valence-corrected chi connectivity index (χ0v) is 14.7. The average molecular weight is 344 g/mol. The average Bonchev–Trinajstić information content (AvgIpc) is 2.77. The number of hydrogen-bond acceptors (Lipinski definition) is 4. The summed E-state index contributed by atoms with van der Waals surface area (Å²) < 4.78 is 40.8. The van der Waals surface area contributed by atoms with Crippen LogP contribution in [0.1, 0.15) is 31.2 Å². The van der Waals surface area contributed by atoms with E-state index in [-0.39, 0.29) is 0 Å². The van der Waals surface area contributed by atoms with Crippen LogP contribution >= 0.6 is 11.3 Å². The maximum atomic E-state index is 11.5. The summed E-state index contributed by atoms with van der Waals surface area (Å²) in [6.45, 7) is 4.49. The largest absolute Gasteiger partial charge is 0.497 e. The molecule has 0 saturated carbocycles.